The van der Waals surface area contributed by atoms with E-state index in [0.29, 0.717) is 24.7 Å². The lowest BCUT2D eigenvalue weighted by molar-refractivity contribution is -0.141. The number of fused-ring (bicyclic) bond motifs is 1. The molecule has 1 heterocycles. The van der Waals surface area contributed by atoms with Crippen molar-refractivity contribution in [3.63, 3.8) is 0 Å². The van der Waals surface area contributed by atoms with Crippen LogP contribution in [0.15, 0.2) is 23.1 Å². The zero-order valence-electron chi connectivity index (χ0n) is 13.4. The third kappa shape index (κ3) is 5.34. The Hall–Kier alpha value is -2.42. The lowest BCUT2D eigenvalue weighted by Gasteiger charge is -2.18. The zero-order chi connectivity index (χ0) is 17.5. The highest BCUT2D eigenvalue weighted by molar-refractivity contribution is 8.00. The molecule has 0 fully saturated rings. The number of nitrogens with one attached hydrogen (secondary N) is 3. The van der Waals surface area contributed by atoms with Crippen molar-refractivity contribution in [2.45, 2.75) is 24.8 Å². The molecule has 0 saturated heterocycles. The van der Waals surface area contributed by atoms with Gasteiger partial charge in [-0.05, 0) is 32.0 Å². The summed E-state index contributed by atoms with van der Waals surface area (Å²) in [5.41, 5.74) is 4.26. The largest absolute Gasteiger partial charge is 0.486 e. The van der Waals surface area contributed by atoms with E-state index in [2.05, 4.69) is 16.2 Å². The molecule has 0 unspecified atom stereocenters. The van der Waals surface area contributed by atoms with Crippen molar-refractivity contribution in [3.8, 4) is 11.5 Å². The highest BCUT2D eigenvalue weighted by atomic mass is 32.2. The third-order valence-corrected chi connectivity index (χ3v) is 3.82. The fourth-order valence-corrected chi connectivity index (χ4v) is 2.53. The van der Waals surface area contributed by atoms with Gasteiger partial charge in [0.05, 0.1) is 5.75 Å². The second kappa shape index (κ2) is 8.44. The highest BCUT2D eigenvalue weighted by Crippen LogP contribution is 2.33. The van der Waals surface area contributed by atoms with Crippen molar-refractivity contribution in [1.82, 2.24) is 16.2 Å². The standard InChI is InChI=1S/C15H19N3O5S/c1-9(2)16-14(20)15(21)18-17-13(19)8-24-10-3-4-11-12(7-10)23-6-5-22-11/h3-4,7,9H,5-6,8H2,1-2H3,(H,16,20)(H,17,19)(H,18,21). The maximum atomic E-state index is 11.7. The van der Waals surface area contributed by atoms with E-state index in [1.165, 1.54) is 11.8 Å². The van der Waals surface area contributed by atoms with Gasteiger partial charge in [0.1, 0.15) is 13.2 Å². The quantitative estimate of drug-likeness (QED) is 0.406. The van der Waals surface area contributed by atoms with E-state index < -0.39 is 17.7 Å². The van der Waals surface area contributed by atoms with Crippen LogP contribution >= 0.6 is 11.8 Å². The number of carbonyl (C=O) groups is 3. The Bertz CT molecular complexity index is 636. The van der Waals surface area contributed by atoms with E-state index in [1.54, 1.807) is 26.0 Å². The SMILES string of the molecule is CC(C)NC(=O)C(=O)NNC(=O)CSc1ccc2c(c1)OCCO2. The van der Waals surface area contributed by atoms with Crippen LogP contribution in [0.5, 0.6) is 11.5 Å². The van der Waals surface area contributed by atoms with Crippen LogP contribution in [0.3, 0.4) is 0 Å². The molecular formula is C15H19N3O5S. The number of carbonyl (C=O) groups excluding carboxylic acids is 3. The Morgan fingerprint density at radius 1 is 1.08 bits per heavy atom. The average Bonchev–Trinajstić information content (AvgIpc) is 2.57. The van der Waals surface area contributed by atoms with Crippen molar-refractivity contribution in [3.05, 3.63) is 18.2 Å². The number of thioether (sulfide) groups is 1. The molecule has 1 aromatic rings. The van der Waals surface area contributed by atoms with Crippen LogP contribution in [0.4, 0.5) is 0 Å². The van der Waals surface area contributed by atoms with Gasteiger partial charge in [-0.25, -0.2) is 0 Å². The van der Waals surface area contributed by atoms with Crippen molar-refractivity contribution < 1.29 is 23.9 Å². The fraction of sp³-hybridized carbons (Fsp3) is 0.400. The normalized spacial score (nSPS) is 12.5. The van der Waals surface area contributed by atoms with Crippen molar-refractivity contribution in [1.29, 1.82) is 0 Å². The number of benzene rings is 1. The Morgan fingerprint density at radius 3 is 2.50 bits per heavy atom. The molecule has 1 aliphatic rings. The molecule has 0 atom stereocenters. The average molecular weight is 353 g/mol. The summed E-state index contributed by atoms with van der Waals surface area (Å²) in [7, 11) is 0. The number of hydrazine groups is 1. The molecule has 0 aliphatic carbocycles. The number of ether oxygens (including phenoxy) is 2. The number of rotatable bonds is 4. The van der Waals surface area contributed by atoms with Crippen molar-refractivity contribution in [2.75, 3.05) is 19.0 Å². The summed E-state index contributed by atoms with van der Waals surface area (Å²) >= 11 is 1.27. The smallest absolute Gasteiger partial charge is 0.327 e. The summed E-state index contributed by atoms with van der Waals surface area (Å²) in [6.07, 6.45) is 0. The van der Waals surface area contributed by atoms with Crippen molar-refractivity contribution in [2.24, 2.45) is 0 Å². The summed E-state index contributed by atoms with van der Waals surface area (Å²) < 4.78 is 10.9. The minimum atomic E-state index is -0.915. The summed E-state index contributed by atoms with van der Waals surface area (Å²) in [4.78, 5) is 35.4. The van der Waals surface area contributed by atoms with Gasteiger partial charge in [-0.3, -0.25) is 25.2 Å². The van der Waals surface area contributed by atoms with Gasteiger partial charge in [0.2, 0.25) is 5.91 Å². The first-order valence-corrected chi connectivity index (χ1v) is 8.36. The molecule has 0 aromatic heterocycles. The van der Waals surface area contributed by atoms with Crippen LogP contribution < -0.4 is 25.6 Å². The predicted molar refractivity (Wildman–Crippen MR) is 87.7 cm³/mol. The van der Waals surface area contributed by atoms with Gasteiger partial charge in [0.15, 0.2) is 11.5 Å². The van der Waals surface area contributed by atoms with Gasteiger partial charge >= 0.3 is 11.8 Å². The van der Waals surface area contributed by atoms with E-state index in [4.69, 9.17) is 9.47 Å². The van der Waals surface area contributed by atoms with Gasteiger partial charge in [-0.2, -0.15) is 0 Å². The summed E-state index contributed by atoms with van der Waals surface area (Å²) in [5, 5.41) is 2.42. The van der Waals surface area contributed by atoms with Gasteiger partial charge in [-0.15, -0.1) is 11.8 Å². The van der Waals surface area contributed by atoms with E-state index in [0.717, 1.165) is 4.90 Å². The summed E-state index contributed by atoms with van der Waals surface area (Å²) in [6, 6.07) is 5.23. The minimum Gasteiger partial charge on any atom is -0.486 e. The molecular weight excluding hydrogens is 334 g/mol. The predicted octanol–water partition coefficient (Wildman–Crippen LogP) is 0.222. The lowest BCUT2D eigenvalue weighted by Crippen LogP contribution is -2.50. The van der Waals surface area contributed by atoms with Crippen LogP contribution in [0.2, 0.25) is 0 Å². The first-order valence-electron chi connectivity index (χ1n) is 7.38. The second-order valence-corrected chi connectivity index (χ2v) is 6.27. The van der Waals surface area contributed by atoms with Gasteiger partial charge < -0.3 is 14.8 Å². The van der Waals surface area contributed by atoms with Gasteiger partial charge in [0, 0.05) is 10.9 Å². The topological polar surface area (TPSA) is 106 Å². The molecule has 3 N–H and O–H groups in total. The van der Waals surface area contributed by atoms with Crippen LogP contribution in [0.1, 0.15) is 13.8 Å². The number of amides is 3. The maximum Gasteiger partial charge on any atom is 0.327 e. The van der Waals surface area contributed by atoms with Crippen LogP contribution in [-0.2, 0) is 14.4 Å². The molecule has 0 radical (unpaired) electrons. The molecule has 2 rings (SSSR count). The molecule has 9 heteroatoms. The molecule has 1 aromatic carbocycles. The molecule has 8 nitrogen and oxygen atoms in total. The highest BCUT2D eigenvalue weighted by Gasteiger charge is 2.15. The Kier molecular flexibility index (Phi) is 6.30. The molecule has 0 saturated carbocycles. The van der Waals surface area contributed by atoms with Crippen LogP contribution in [0.25, 0.3) is 0 Å². The van der Waals surface area contributed by atoms with E-state index in [1.807, 2.05) is 6.07 Å². The van der Waals surface area contributed by atoms with Gasteiger partial charge in [0.25, 0.3) is 0 Å². The molecule has 24 heavy (non-hydrogen) atoms. The fourth-order valence-electron chi connectivity index (χ4n) is 1.81. The summed E-state index contributed by atoms with van der Waals surface area (Å²) in [6.45, 7) is 4.47. The number of hydrogen-bond acceptors (Lipinski definition) is 6. The zero-order valence-corrected chi connectivity index (χ0v) is 14.2. The van der Waals surface area contributed by atoms with E-state index >= 15 is 0 Å². The molecule has 3 amide bonds. The number of hydrogen-bond donors (Lipinski definition) is 3. The van der Waals surface area contributed by atoms with Crippen LogP contribution in [0, 0.1) is 0 Å². The molecule has 1 aliphatic heterocycles. The Labute approximate surface area is 143 Å². The van der Waals surface area contributed by atoms with Gasteiger partial charge in [-0.1, -0.05) is 0 Å². The third-order valence-electron chi connectivity index (χ3n) is 2.83. The Balaban J connectivity index is 1.75. The molecule has 0 bridgehead atoms. The minimum absolute atomic E-state index is 0.0751. The lowest BCUT2D eigenvalue weighted by atomic mass is 10.3. The molecule has 0 spiro atoms. The first kappa shape index (κ1) is 17.9. The second-order valence-electron chi connectivity index (χ2n) is 5.22. The monoisotopic (exact) mass is 353 g/mol. The summed E-state index contributed by atoms with van der Waals surface area (Å²) in [5.74, 6) is -0.748. The van der Waals surface area contributed by atoms with Crippen LogP contribution in [-0.4, -0.2) is 42.7 Å². The van der Waals surface area contributed by atoms with Crippen molar-refractivity contribution >= 4 is 29.5 Å². The Morgan fingerprint density at radius 2 is 1.79 bits per heavy atom. The first-order chi connectivity index (χ1) is 11.5. The molecule has 130 valence electrons. The van der Waals surface area contributed by atoms with E-state index in [9.17, 15) is 14.4 Å². The maximum absolute atomic E-state index is 11.7. The van der Waals surface area contributed by atoms with E-state index in [-0.39, 0.29) is 11.8 Å².